The van der Waals surface area contributed by atoms with Crippen molar-refractivity contribution in [2.45, 2.75) is 39.8 Å². The number of nitrogens with zero attached hydrogens (tertiary/aromatic N) is 1. The quantitative estimate of drug-likeness (QED) is 0.675. The van der Waals surface area contributed by atoms with Crippen molar-refractivity contribution in [1.82, 2.24) is 10.2 Å². The average Bonchev–Trinajstić information content (AvgIpc) is 2.48. The van der Waals surface area contributed by atoms with E-state index in [9.17, 15) is 17.7 Å². The molecule has 5 nitrogen and oxygen atoms in total. The van der Waals surface area contributed by atoms with Crippen molar-refractivity contribution in [2.75, 3.05) is 31.5 Å². The van der Waals surface area contributed by atoms with Gasteiger partial charge in [-0.15, -0.1) is 5.46 Å². The molecule has 1 aromatic carbocycles. The third-order valence-corrected chi connectivity index (χ3v) is 4.11. The van der Waals surface area contributed by atoms with E-state index in [0.29, 0.717) is 12.1 Å². The summed E-state index contributed by atoms with van der Waals surface area (Å²) in [4.78, 5) is 14.1. The molecule has 0 unspecified atom stereocenters. The van der Waals surface area contributed by atoms with Gasteiger partial charge in [-0.1, -0.05) is 11.6 Å². The summed E-state index contributed by atoms with van der Waals surface area (Å²) in [5, 5.41) is 5.69. The van der Waals surface area contributed by atoms with Crippen molar-refractivity contribution in [1.29, 1.82) is 0 Å². The Labute approximate surface area is 201 Å². The van der Waals surface area contributed by atoms with Crippen LogP contribution in [-0.4, -0.2) is 49.8 Å². The summed E-state index contributed by atoms with van der Waals surface area (Å²) in [6.07, 6.45) is -0.763. The molecule has 0 spiro atoms. The number of rotatable bonds is 4. The van der Waals surface area contributed by atoms with Gasteiger partial charge in [0.15, 0.2) is 0 Å². The van der Waals surface area contributed by atoms with Crippen LogP contribution in [-0.2, 0) is 11.3 Å². The minimum atomic E-state index is -5.18. The van der Waals surface area contributed by atoms with Crippen LogP contribution in [0.15, 0.2) is 12.1 Å². The molecule has 1 aromatic rings. The topological polar surface area (TPSA) is 53.6 Å². The summed E-state index contributed by atoms with van der Waals surface area (Å²) >= 11 is 0. The molecule has 0 radical (unpaired) electrons. The third kappa shape index (κ3) is 8.04. The molecule has 2 rings (SSSR count). The van der Waals surface area contributed by atoms with Crippen LogP contribution in [0, 0.1) is 6.92 Å². The predicted molar refractivity (Wildman–Crippen MR) is 97.9 cm³/mol. The molecule has 0 aromatic heterocycles. The maximum absolute atomic E-state index is 13.5. The maximum atomic E-state index is 13.5. The first-order valence-corrected chi connectivity index (χ1v) is 8.72. The van der Waals surface area contributed by atoms with Crippen LogP contribution in [0.3, 0.4) is 0 Å². The molecule has 0 saturated carbocycles. The Balaban J connectivity index is 0.00000364. The van der Waals surface area contributed by atoms with Gasteiger partial charge < -0.3 is 23.0 Å². The van der Waals surface area contributed by atoms with Crippen LogP contribution in [0.2, 0.25) is 0 Å². The zero-order valence-corrected chi connectivity index (χ0v) is 19.8. The second-order valence-corrected chi connectivity index (χ2v) is 7.59. The van der Waals surface area contributed by atoms with Crippen LogP contribution >= 0.6 is 0 Å². The van der Waals surface area contributed by atoms with E-state index >= 15 is 0 Å². The Morgan fingerprint density at radius 3 is 2.37 bits per heavy atom. The predicted octanol–water partition coefficient (Wildman–Crippen LogP) is -0.194. The van der Waals surface area contributed by atoms with Gasteiger partial charge in [-0.05, 0) is 39.3 Å². The van der Waals surface area contributed by atoms with E-state index < -0.39 is 24.1 Å². The number of halogens is 3. The SMILES string of the molecule is Cc1c(NC(=O)OC(C)(C)C)cc(CN2CCNCC2)cc1[B-](F)(F)F.[K+]. The molecule has 0 aliphatic carbocycles. The normalized spacial score (nSPS) is 15.8. The van der Waals surface area contributed by atoms with Gasteiger partial charge in [0, 0.05) is 38.4 Å². The molecule has 1 heterocycles. The van der Waals surface area contributed by atoms with E-state index in [4.69, 9.17) is 4.74 Å². The van der Waals surface area contributed by atoms with Gasteiger partial charge in [-0.25, -0.2) is 4.79 Å². The Bertz CT molecular complexity index is 660. The van der Waals surface area contributed by atoms with Gasteiger partial charge >= 0.3 is 64.5 Å². The fourth-order valence-corrected chi connectivity index (χ4v) is 2.90. The summed E-state index contributed by atoms with van der Waals surface area (Å²) in [5.74, 6) is 0. The van der Waals surface area contributed by atoms with Crippen molar-refractivity contribution in [3.05, 3.63) is 23.3 Å². The van der Waals surface area contributed by atoms with Gasteiger partial charge in [0.05, 0.1) is 0 Å². The number of hydrogen-bond donors (Lipinski definition) is 2. The standard InChI is InChI=1S/C17H26BF3N3O2.K/c1-12-14(18(19,20)21)9-13(11-24-7-5-22-6-8-24)10-15(12)23-16(25)26-17(2,3)4;/h9-10,22H,5-8,11H2,1-4H3,(H,23,25);/q-1;+1. The molecule has 27 heavy (non-hydrogen) atoms. The number of ether oxygens (including phenoxy) is 1. The molecule has 0 atom stereocenters. The van der Waals surface area contributed by atoms with Gasteiger partial charge in [0.1, 0.15) is 5.60 Å². The second kappa shape index (κ2) is 10.1. The Kier molecular flexibility index (Phi) is 9.32. The van der Waals surface area contributed by atoms with Crippen LogP contribution in [0.4, 0.5) is 23.4 Å². The fourth-order valence-electron chi connectivity index (χ4n) is 2.90. The van der Waals surface area contributed by atoms with Crippen LogP contribution < -0.4 is 67.5 Å². The number of carbonyl (C=O) groups is 1. The Morgan fingerprint density at radius 1 is 1.26 bits per heavy atom. The van der Waals surface area contributed by atoms with Crippen molar-refractivity contribution < 1.29 is 73.9 Å². The zero-order chi connectivity index (χ0) is 19.5. The zero-order valence-electron chi connectivity index (χ0n) is 16.7. The van der Waals surface area contributed by atoms with Crippen LogP contribution in [0.25, 0.3) is 0 Å². The fraction of sp³-hybridized carbons (Fsp3) is 0.588. The van der Waals surface area contributed by atoms with Crippen LogP contribution in [0.1, 0.15) is 31.9 Å². The van der Waals surface area contributed by atoms with Crippen LogP contribution in [0.5, 0.6) is 0 Å². The number of amides is 1. The summed E-state index contributed by atoms with van der Waals surface area (Å²) in [6.45, 7) is 4.85. The molecular formula is C17H26BF3KN3O2. The first kappa shape index (κ1) is 24.9. The average molecular weight is 411 g/mol. The van der Waals surface area contributed by atoms with Gasteiger partial charge in [-0.3, -0.25) is 10.2 Å². The first-order chi connectivity index (χ1) is 12.0. The summed E-state index contributed by atoms with van der Waals surface area (Å²) in [7, 11) is 0. The minimum Gasteiger partial charge on any atom is -0.445 e. The van der Waals surface area contributed by atoms with Crippen molar-refractivity contribution in [3.63, 3.8) is 0 Å². The summed E-state index contributed by atoms with van der Waals surface area (Å²) in [6, 6.07) is 2.80. The molecule has 1 saturated heterocycles. The van der Waals surface area contributed by atoms with Gasteiger partial charge in [0.2, 0.25) is 0 Å². The van der Waals surface area contributed by atoms with Crippen molar-refractivity contribution in [3.8, 4) is 0 Å². The molecular weight excluding hydrogens is 385 g/mol. The van der Waals surface area contributed by atoms with E-state index in [0.717, 1.165) is 26.2 Å². The molecule has 1 aliphatic heterocycles. The number of piperazine rings is 1. The number of anilines is 1. The number of nitrogens with one attached hydrogen (secondary N) is 2. The molecule has 1 aliphatic rings. The van der Waals surface area contributed by atoms with Gasteiger partial charge in [-0.2, -0.15) is 0 Å². The molecule has 2 N–H and O–H groups in total. The number of carbonyl (C=O) groups excluding carboxylic acids is 1. The summed E-state index contributed by atoms with van der Waals surface area (Å²) < 4.78 is 45.6. The van der Waals surface area contributed by atoms with E-state index in [1.165, 1.54) is 13.0 Å². The molecule has 146 valence electrons. The van der Waals surface area contributed by atoms with E-state index in [1.54, 1.807) is 26.8 Å². The maximum Gasteiger partial charge on any atom is 1.00 e. The van der Waals surface area contributed by atoms with Crippen molar-refractivity contribution >= 4 is 24.2 Å². The first-order valence-electron chi connectivity index (χ1n) is 8.72. The Morgan fingerprint density at radius 2 is 1.85 bits per heavy atom. The second-order valence-electron chi connectivity index (χ2n) is 7.59. The molecule has 1 amide bonds. The molecule has 10 heteroatoms. The monoisotopic (exact) mass is 411 g/mol. The number of benzene rings is 1. The van der Waals surface area contributed by atoms with E-state index in [1.807, 2.05) is 0 Å². The molecule has 1 fully saturated rings. The third-order valence-electron chi connectivity index (χ3n) is 4.11. The van der Waals surface area contributed by atoms with Crippen molar-refractivity contribution in [2.24, 2.45) is 0 Å². The molecule has 0 bridgehead atoms. The largest absolute Gasteiger partial charge is 1.00 e. The number of hydrogen-bond acceptors (Lipinski definition) is 4. The van der Waals surface area contributed by atoms with E-state index in [-0.39, 0.29) is 62.6 Å². The van der Waals surface area contributed by atoms with E-state index in [2.05, 4.69) is 15.5 Å². The Hall–Kier alpha value is -0.0987. The van der Waals surface area contributed by atoms with Gasteiger partial charge in [0.25, 0.3) is 0 Å². The smallest absolute Gasteiger partial charge is 0.445 e. The minimum absolute atomic E-state index is 0. The summed E-state index contributed by atoms with van der Waals surface area (Å²) in [5.41, 5.74) is -0.734.